The van der Waals surface area contributed by atoms with Crippen LogP contribution >= 0.6 is 0 Å². The van der Waals surface area contributed by atoms with Gasteiger partial charge in [0.15, 0.2) is 17.5 Å². The third kappa shape index (κ3) is 3.65. The van der Waals surface area contributed by atoms with E-state index in [0.717, 1.165) is 6.07 Å². The lowest BCUT2D eigenvalue weighted by Crippen LogP contribution is -2.27. The van der Waals surface area contributed by atoms with Gasteiger partial charge in [0.25, 0.3) is 5.91 Å². The zero-order valence-electron chi connectivity index (χ0n) is 12.7. The van der Waals surface area contributed by atoms with E-state index in [1.807, 2.05) is 0 Å². The Balaban J connectivity index is 1.59. The van der Waals surface area contributed by atoms with Gasteiger partial charge >= 0.3 is 0 Å². The first kappa shape index (κ1) is 16.6. The van der Waals surface area contributed by atoms with Crippen molar-refractivity contribution >= 4 is 5.91 Å². The van der Waals surface area contributed by atoms with Gasteiger partial charge in [0, 0.05) is 30.9 Å². The average molecular weight is 348 g/mol. The maximum Gasteiger partial charge on any atom is 0.254 e. The number of rotatable bonds is 5. The van der Waals surface area contributed by atoms with Gasteiger partial charge in [-0.25, -0.2) is 13.2 Å². The molecule has 1 aromatic carbocycles. The van der Waals surface area contributed by atoms with E-state index in [9.17, 15) is 18.0 Å². The summed E-state index contributed by atoms with van der Waals surface area (Å²) in [5.74, 6) is -4.89. The molecule has 0 aliphatic rings. The molecule has 25 heavy (non-hydrogen) atoms. The summed E-state index contributed by atoms with van der Waals surface area (Å²) in [6.07, 6.45) is 3.35. The molecule has 0 spiro atoms. The molecule has 0 saturated heterocycles. The van der Waals surface area contributed by atoms with Crippen LogP contribution in [0.4, 0.5) is 13.2 Å². The minimum atomic E-state index is -1.69. The quantitative estimate of drug-likeness (QED) is 0.717. The number of pyridine rings is 1. The highest BCUT2D eigenvalue weighted by atomic mass is 19.2. The molecule has 0 aliphatic carbocycles. The lowest BCUT2D eigenvalue weighted by Gasteiger charge is -2.05. The fraction of sp³-hybridized carbons (Fsp3) is 0.125. The summed E-state index contributed by atoms with van der Waals surface area (Å²) in [7, 11) is 0. The highest BCUT2D eigenvalue weighted by molar-refractivity contribution is 5.94. The number of aromatic nitrogens is 3. The Kier molecular flexibility index (Phi) is 4.73. The summed E-state index contributed by atoms with van der Waals surface area (Å²) >= 11 is 0. The molecule has 2 heterocycles. The van der Waals surface area contributed by atoms with Gasteiger partial charge in [0.05, 0.1) is 5.56 Å². The summed E-state index contributed by atoms with van der Waals surface area (Å²) in [6.45, 7) is 0.0508. The van der Waals surface area contributed by atoms with Crippen molar-refractivity contribution in [3.63, 3.8) is 0 Å². The summed E-state index contributed by atoms with van der Waals surface area (Å²) in [5, 5.41) is 10.1. The molecule has 0 aliphatic heterocycles. The van der Waals surface area contributed by atoms with Crippen molar-refractivity contribution in [1.82, 2.24) is 20.5 Å². The number of nitrogens with one attached hydrogen (secondary N) is 1. The van der Waals surface area contributed by atoms with Crippen molar-refractivity contribution in [2.24, 2.45) is 0 Å². The minimum Gasteiger partial charge on any atom is -0.421 e. The van der Waals surface area contributed by atoms with E-state index in [-0.39, 0.29) is 18.9 Å². The van der Waals surface area contributed by atoms with E-state index in [4.69, 9.17) is 4.42 Å². The molecule has 128 valence electrons. The normalized spacial score (nSPS) is 10.7. The van der Waals surface area contributed by atoms with Crippen LogP contribution in [0.15, 0.2) is 41.1 Å². The van der Waals surface area contributed by atoms with E-state index in [1.165, 1.54) is 0 Å². The van der Waals surface area contributed by atoms with Gasteiger partial charge in [-0.3, -0.25) is 9.78 Å². The van der Waals surface area contributed by atoms with Gasteiger partial charge in [-0.05, 0) is 24.3 Å². The minimum absolute atomic E-state index is 0.0508. The number of amides is 1. The number of benzene rings is 1. The first-order valence-corrected chi connectivity index (χ1v) is 7.20. The summed E-state index contributed by atoms with van der Waals surface area (Å²) in [4.78, 5) is 15.7. The van der Waals surface area contributed by atoms with Crippen LogP contribution < -0.4 is 5.32 Å². The van der Waals surface area contributed by atoms with E-state index >= 15 is 0 Å². The molecule has 0 bridgehead atoms. The van der Waals surface area contributed by atoms with Crippen LogP contribution in [0.5, 0.6) is 0 Å². The van der Waals surface area contributed by atoms with Crippen molar-refractivity contribution in [1.29, 1.82) is 0 Å². The van der Waals surface area contributed by atoms with Crippen LogP contribution in [0.25, 0.3) is 11.5 Å². The Morgan fingerprint density at radius 1 is 1.04 bits per heavy atom. The van der Waals surface area contributed by atoms with Crippen molar-refractivity contribution in [3.05, 3.63) is 65.6 Å². The Morgan fingerprint density at radius 2 is 1.80 bits per heavy atom. The molecule has 9 heteroatoms. The van der Waals surface area contributed by atoms with Crippen molar-refractivity contribution in [2.45, 2.75) is 6.42 Å². The van der Waals surface area contributed by atoms with Crippen LogP contribution in [0.1, 0.15) is 16.2 Å². The first-order chi connectivity index (χ1) is 12.1. The molecule has 3 aromatic rings. The summed E-state index contributed by atoms with van der Waals surface area (Å²) in [6, 6.07) is 4.96. The fourth-order valence-corrected chi connectivity index (χ4v) is 2.05. The number of hydrogen-bond acceptors (Lipinski definition) is 5. The second kappa shape index (κ2) is 7.12. The first-order valence-electron chi connectivity index (χ1n) is 7.20. The molecule has 0 radical (unpaired) electrons. The van der Waals surface area contributed by atoms with E-state index < -0.39 is 28.9 Å². The second-order valence-corrected chi connectivity index (χ2v) is 4.97. The molecule has 3 rings (SSSR count). The summed E-state index contributed by atoms with van der Waals surface area (Å²) < 4.78 is 45.0. The molecule has 0 unspecified atom stereocenters. The topological polar surface area (TPSA) is 80.9 Å². The zero-order valence-corrected chi connectivity index (χ0v) is 12.7. The lowest BCUT2D eigenvalue weighted by molar-refractivity contribution is 0.0948. The largest absolute Gasteiger partial charge is 0.421 e. The van der Waals surface area contributed by atoms with Gasteiger partial charge in [-0.1, -0.05) is 0 Å². The van der Waals surface area contributed by atoms with E-state index in [2.05, 4.69) is 20.5 Å². The molecular formula is C16H11F3N4O2. The maximum absolute atomic E-state index is 13.5. The molecule has 0 fully saturated rings. The van der Waals surface area contributed by atoms with Crippen molar-refractivity contribution in [2.75, 3.05) is 6.54 Å². The molecule has 1 amide bonds. The second-order valence-electron chi connectivity index (χ2n) is 4.97. The zero-order chi connectivity index (χ0) is 17.8. The Bertz CT molecular complexity index is 900. The van der Waals surface area contributed by atoms with Crippen LogP contribution in [0.3, 0.4) is 0 Å². The third-order valence-corrected chi connectivity index (χ3v) is 3.30. The molecule has 6 nitrogen and oxygen atoms in total. The number of hydrogen-bond donors (Lipinski definition) is 1. The number of carbonyl (C=O) groups excluding carboxylic acids is 1. The maximum atomic E-state index is 13.5. The fourth-order valence-electron chi connectivity index (χ4n) is 2.05. The average Bonchev–Trinajstić information content (AvgIpc) is 3.09. The molecular weight excluding hydrogens is 337 g/mol. The Labute approximate surface area is 139 Å². The Hall–Kier alpha value is -3.23. The van der Waals surface area contributed by atoms with Crippen molar-refractivity contribution in [3.8, 4) is 11.5 Å². The number of nitrogens with zero attached hydrogens (tertiary/aromatic N) is 3. The highest BCUT2D eigenvalue weighted by Crippen LogP contribution is 2.17. The van der Waals surface area contributed by atoms with Gasteiger partial charge in [-0.2, -0.15) is 0 Å². The van der Waals surface area contributed by atoms with Crippen LogP contribution in [-0.4, -0.2) is 27.6 Å². The van der Waals surface area contributed by atoms with E-state index in [1.54, 1.807) is 24.5 Å². The lowest BCUT2D eigenvalue weighted by atomic mass is 10.2. The predicted molar refractivity (Wildman–Crippen MR) is 79.9 cm³/mol. The smallest absolute Gasteiger partial charge is 0.254 e. The predicted octanol–water partition coefficient (Wildman–Crippen LogP) is 2.52. The van der Waals surface area contributed by atoms with E-state index in [0.29, 0.717) is 17.5 Å². The molecule has 2 aromatic heterocycles. The highest BCUT2D eigenvalue weighted by Gasteiger charge is 2.18. The summed E-state index contributed by atoms with van der Waals surface area (Å²) in [5.41, 5.74) is 0.114. The Morgan fingerprint density at radius 3 is 2.56 bits per heavy atom. The number of halogens is 3. The van der Waals surface area contributed by atoms with Crippen LogP contribution in [-0.2, 0) is 6.42 Å². The molecule has 0 atom stereocenters. The SMILES string of the molecule is O=C(NCCc1nnc(-c2ccncc2)o1)c1ccc(F)c(F)c1F. The van der Waals surface area contributed by atoms with Crippen LogP contribution in [0.2, 0.25) is 0 Å². The molecule has 1 N–H and O–H groups in total. The van der Waals surface area contributed by atoms with Gasteiger partial charge < -0.3 is 9.73 Å². The van der Waals surface area contributed by atoms with Crippen LogP contribution in [0, 0.1) is 17.5 Å². The van der Waals surface area contributed by atoms with Gasteiger partial charge in [-0.15, -0.1) is 10.2 Å². The third-order valence-electron chi connectivity index (χ3n) is 3.30. The standard InChI is InChI=1S/C16H11F3N4O2/c17-11-2-1-10(13(18)14(11)19)15(24)21-8-5-12-22-23-16(25-12)9-3-6-20-7-4-9/h1-4,6-7H,5,8H2,(H,21,24). The van der Waals surface area contributed by atoms with Crippen molar-refractivity contribution < 1.29 is 22.4 Å². The number of carbonyl (C=O) groups is 1. The van der Waals surface area contributed by atoms with Gasteiger partial charge in [0.1, 0.15) is 0 Å². The van der Waals surface area contributed by atoms with Gasteiger partial charge in [0.2, 0.25) is 11.8 Å². The molecule has 0 saturated carbocycles. The monoisotopic (exact) mass is 348 g/mol.